The van der Waals surface area contributed by atoms with Gasteiger partial charge in [-0.15, -0.1) is 0 Å². The number of amides is 1. The highest BCUT2D eigenvalue weighted by molar-refractivity contribution is 5.92. The molecule has 1 unspecified atom stereocenters. The van der Waals surface area contributed by atoms with E-state index in [0.717, 1.165) is 35.9 Å². The highest BCUT2D eigenvalue weighted by Gasteiger charge is 2.18. The Kier molecular flexibility index (Phi) is 6.90. The molecule has 1 atom stereocenters. The third kappa shape index (κ3) is 5.07. The molecule has 3 aromatic rings. The van der Waals surface area contributed by atoms with E-state index >= 15 is 0 Å². The van der Waals surface area contributed by atoms with Crippen molar-refractivity contribution in [2.45, 2.75) is 27.3 Å². The van der Waals surface area contributed by atoms with Gasteiger partial charge in [0.2, 0.25) is 0 Å². The van der Waals surface area contributed by atoms with E-state index in [1.807, 2.05) is 63.0 Å². The van der Waals surface area contributed by atoms with Gasteiger partial charge in [-0.3, -0.25) is 4.79 Å². The van der Waals surface area contributed by atoms with Crippen LogP contribution < -0.4 is 15.1 Å². The Labute approximate surface area is 179 Å². The topological polar surface area (TPSA) is 54.6 Å². The quantitative estimate of drug-likeness (QED) is 0.605. The lowest BCUT2D eigenvalue weighted by atomic mass is 10.2. The van der Waals surface area contributed by atoms with Crippen LogP contribution in [0.3, 0.4) is 0 Å². The van der Waals surface area contributed by atoms with Crippen LogP contribution >= 0.6 is 0 Å². The van der Waals surface area contributed by atoms with Crippen LogP contribution in [0.2, 0.25) is 0 Å². The monoisotopic (exact) mass is 406 g/mol. The van der Waals surface area contributed by atoms with Gasteiger partial charge in [0.05, 0.1) is 29.3 Å². The number of para-hydroxylation sites is 1. The molecular formula is C24H32N5O+. The second kappa shape index (κ2) is 9.59. The van der Waals surface area contributed by atoms with Gasteiger partial charge in [-0.05, 0) is 45.0 Å². The van der Waals surface area contributed by atoms with Gasteiger partial charge >= 0.3 is 0 Å². The van der Waals surface area contributed by atoms with Crippen molar-refractivity contribution in [3.63, 3.8) is 0 Å². The van der Waals surface area contributed by atoms with Gasteiger partial charge < -0.3 is 15.1 Å². The van der Waals surface area contributed by atoms with Crippen molar-refractivity contribution in [1.82, 2.24) is 9.78 Å². The Morgan fingerprint density at radius 3 is 2.33 bits per heavy atom. The lowest BCUT2D eigenvalue weighted by Gasteiger charge is -2.18. The number of hydrogen-bond donors (Lipinski definition) is 2. The molecular weight excluding hydrogens is 374 g/mol. The molecule has 0 aliphatic rings. The van der Waals surface area contributed by atoms with Gasteiger partial charge in [0.1, 0.15) is 6.54 Å². The molecule has 2 aromatic carbocycles. The van der Waals surface area contributed by atoms with Crippen molar-refractivity contribution in [3.8, 4) is 5.69 Å². The summed E-state index contributed by atoms with van der Waals surface area (Å²) in [5.74, 6) is 0.00979. The van der Waals surface area contributed by atoms with Crippen molar-refractivity contribution >= 4 is 17.3 Å². The predicted octanol–water partition coefficient (Wildman–Crippen LogP) is 2.60. The SMILES string of the molecule is CC[NH+](CC(=O)Nc1c(C)nn(-c2ccccc2)c1C)Cc1ccc(N(C)C)cc1. The minimum atomic E-state index is 0.00979. The largest absolute Gasteiger partial charge is 0.378 e. The van der Waals surface area contributed by atoms with Gasteiger partial charge in [0, 0.05) is 25.3 Å². The molecule has 1 amide bonds. The van der Waals surface area contributed by atoms with E-state index in [4.69, 9.17) is 0 Å². The zero-order valence-corrected chi connectivity index (χ0v) is 18.6. The molecule has 0 fully saturated rings. The minimum Gasteiger partial charge on any atom is -0.378 e. The zero-order valence-electron chi connectivity index (χ0n) is 18.6. The molecule has 0 saturated heterocycles. The predicted molar refractivity (Wildman–Crippen MR) is 123 cm³/mol. The number of benzene rings is 2. The standard InChI is InChI=1S/C24H31N5O/c1-6-28(16-20-12-14-21(15-13-20)27(4)5)17-23(30)25-24-18(2)26-29(19(24)3)22-10-8-7-9-11-22/h7-15H,6,16-17H2,1-5H3,(H,25,30)/p+1. The summed E-state index contributed by atoms with van der Waals surface area (Å²) in [5, 5.41) is 7.71. The van der Waals surface area contributed by atoms with Gasteiger partial charge in [-0.25, -0.2) is 4.68 Å². The first-order valence-electron chi connectivity index (χ1n) is 10.4. The maximum Gasteiger partial charge on any atom is 0.279 e. The van der Waals surface area contributed by atoms with E-state index in [9.17, 15) is 4.79 Å². The van der Waals surface area contributed by atoms with Crippen molar-refractivity contribution in [2.24, 2.45) is 0 Å². The summed E-state index contributed by atoms with van der Waals surface area (Å²) < 4.78 is 1.88. The number of aryl methyl sites for hydroxylation is 1. The number of nitrogens with zero attached hydrogens (tertiary/aromatic N) is 3. The Morgan fingerprint density at radius 2 is 1.73 bits per heavy atom. The number of anilines is 2. The molecule has 3 rings (SSSR count). The van der Waals surface area contributed by atoms with Gasteiger partial charge in [0.15, 0.2) is 6.54 Å². The molecule has 6 nitrogen and oxygen atoms in total. The van der Waals surface area contributed by atoms with Crippen LogP contribution in [0.25, 0.3) is 5.69 Å². The molecule has 1 heterocycles. The number of likely N-dealkylation sites (N-methyl/N-ethyl adjacent to an activating group) is 1. The Hall–Kier alpha value is -3.12. The first kappa shape index (κ1) is 21.6. The Bertz CT molecular complexity index is 977. The average molecular weight is 407 g/mol. The fraction of sp³-hybridized carbons (Fsp3) is 0.333. The second-order valence-corrected chi connectivity index (χ2v) is 7.86. The minimum absolute atomic E-state index is 0.00979. The summed E-state index contributed by atoms with van der Waals surface area (Å²) in [6.07, 6.45) is 0. The summed E-state index contributed by atoms with van der Waals surface area (Å²) in [6.45, 7) is 8.14. The van der Waals surface area contributed by atoms with E-state index in [-0.39, 0.29) is 5.91 Å². The summed E-state index contributed by atoms with van der Waals surface area (Å²) in [4.78, 5) is 16.1. The molecule has 6 heteroatoms. The zero-order chi connectivity index (χ0) is 21.7. The highest BCUT2D eigenvalue weighted by atomic mass is 16.2. The third-order valence-electron chi connectivity index (χ3n) is 5.37. The van der Waals surface area contributed by atoms with Crippen molar-refractivity contribution < 1.29 is 9.69 Å². The number of nitrogens with one attached hydrogen (secondary N) is 2. The lowest BCUT2D eigenvalue weighted by Crippen LogP contribution is -3.11. The van der Waals surface area contributed by atoms with Crippen molar-refractivity contribution in [1.29, 1.82) is 0 Å². The lowest BCUT2D eigenvalue weighted by molar-refractivity contribution is -0.903. The number of hydrogen-bond acceptors (Lipinski definition) is 3. The number of carbonyl (C=O) groups is 1. The molecule has 0 saturated carbocycles. The van der Waals surface area contributed by atoms with Crippen LogP contribution in [0, 0.1) is 13.8 Å². The van der Waals surface area contributed by atoms with Crippen LogP contribution in [0.4, 0.5) is 11.4 Å². The maximum absolute atomic E-state index is 12.8. The molecule has 1 aromatic heterocycles. The van der Waals surface area contributed by atoms with Crippen LogP contribution in [-0.4, -0.2) is 42.9 Å². The average Bonchev–Trinajstić information content (AvgIpc) is 3.02. The smallest absolute Gasteiger partial charge is 0.279 e. The maximum atomic E-state index is 12.8. The summed E-state index contributed by atoms with van der Waals surface area (Å²) in [6, 6.07) is 18.5. The molecule has 30 heavy (non-hydrogen) atoms. The van der Waals surface area contributed by atoms with E-state index in [1.54, 1.807) is 0 Å². The van der Waals surface area contributed by atoms with E-state index in [1.165, 1.54) is 16.2 Å². The first-order valence-corrected chi connectivity index (χ1v) is 10.4. The van der Waals surface area contributed by atoms with E-state index in [0.29, 0.717) is 6.54 Å². The summed E-state index contributed by atoms with van der Waals surface area (Å²) in [7, 11) is 4.07. The van der Waals surface area contributed by atoms with Crippen molar-refractivity contribution in [2.75, 3.05) is 37.4 Å². The molecule has 0 aliphatic carbocycles. The number of rotatable bonds is 8. The van der Waals surface area contributed by atoms with Gasteiger partial charge in [0.25, 0.3) is 5.91 Å². The molecule has 0 bridgehead atoms. The molecule has 158 valence electrons. The first-order chi connectivity index (χ1) is 14.4. The number of quaternary nitrogens is 1. The Balaban J connectivity index is 1.66. The van der Waals surface area contributed by atoms with Crippen LogP contribution in [0.15, 0.2) is 54.6 Å². The van der Waals surface area contributed by atoms with E-state index in [2.05, 4.69) is 46.5 Å². The summed E-state index contributed by atoms with van der Waals surface area (Å²) >= 11 is 0. The third-order valence-corrected chi connectivity index (χ3v) is 5.37. The van der Waals surface area contributed by atoms with Gasteiger partial charge in [-0.2, -0.15) is 5.10 Å². The number of carbonyl (C=O) groups excluding carboxylic acids is 1. The molecule has 0 aliphatic heterocycles. The van der Waals surface area contributed by atoms with Gasteiger partial charge in [-0.1, -0.05) is 30.3 Å². The van der Waals surface area contributed by atoms with Crippen molar-refractivity contribution in [3.05, 3.63) is 71.5 Å². The van der Waals surface area contributed by atoms with Crippen LogP contribution in [-0.2, 0) is 11.3 Å². The van der Waals surface area contributed by atoms with E-state index < -0.39 is 0 Å². The fourth-order valence-electron chi connectivity index (χ4n) is 3.57. The number of aromatic nitrogens is 2. The fourth-order valence-corrected chi connectivity index (χ4v) is 3.57. The highest BCUT2D eigenvalue weighted by Crippen LogP contribution is 2.22. The summed E-state index contributed by atoms with van der Waals surface area (Å²) in [5.41, 5.74) is 5.95. The molecule has 0 radical (unpaired) electrons. The Morgan fingerprint density at radius 1 is 1.07 bits per heavy atom. The van der Waals surface area contributed by atoms with Crippen LogP contribution in [0.1, 0.15) is 23.9 Å². The molecule has 0 spiro atoms. The van der Waals surface area contributed by atoms with Crippen LogP contribution in [0.5, 0.6) is 0 Å². The second-order valence-electron chi connectivity index (χ2n) is 7.86. The normalized spacial score (nSPS) is 11.9. The molecule has 2 N–H and O–H groups in total.